The molecule has 3 nitrogen and oxygen atoms in total. The Bertz CT molecular complexity index is 264. The van der Waals surface area contributed by atoms with Crippen molar-refractivity contribution in [3.05, 3.63) is 12.7 Å². The molecule has 2 rings (SSSR count). The first-order valence-corrected chi connectivity index (χ1v) is 5.89. The Hall–Kier alpha value is -0.830. The van der Waals surface area contributed by atoms with E-state index < -0.39 is 0 Å². The molecule has 2 N–H and O–H groups in total. The molecule has 0 aromatic heterocycles. The van der Waals surface area contributed by atoms with Crippen molar-refractivity contribution < 1.29 is 4.79 Å². The maximum atomic E-state index is 12.2. The highest BCUT2D eigenvalue weighted by atomic mass is 16.2. The van der Waals surface area contributed by atoms with E-state index in [1.807, 2.05) is 0 Å². The summed E-state index contributed by atoms with van der Waals surface area (Å²) in [6.45, 7) is 6.10. The molecule has 2 atom stereocenters. The lowest BCUT2D eigenvalue weighted by atomic mass is 9.67. The zero-order chi connectivity index (χ0) is 10.7. The second-order valence-corrected chi connectivity index (χ2v) is 4.73. The lowest BCUT2D eigenvalue weighted by molar-refractivity contribution is -0.133. The van der Waals surface area contributed by atoms with Gasteiger partial charge in [0, 0.05) is 13.1 Å². The van der Waals surface area contributed by atoms with Crippen molar-refractivity contribution in [2.45, 2.75) is 25.7 Å². The number of rotatable bonds is 3. The van der Waals surface area contributed by atoms with Crippen LogP contribution >= 0.6 is 0 Å². The predicted molar refractivity (Wildman–Crippen MR) is 60.5 cm³/mol. The summed E-state index contributed by atoms with van der Waals surface area (Å²) < 4.78 is 0. The van der Waals surface area contributed by atoms with Crippen molar-refractivity contribution in [3.63, 3.8) is 0 Å². The van der Waals surface area contributed by atoms with E-state index in [4.69, 9.17) is 0 Å². The quantitative estimate of drug-likeness (QED) is 0.681. The summed E-state index contributed by atoms with van der Waals surface area (Å²) in [5.41, 5.74) is -0.110. The van der Waals surface area contributed by atoms with Gasteiger partial charge in [0.1, 0.15) is 0 Å². The van der Waals surface area contributed by atoms with Crippen LogP contribution in [0.1, 0.15) is 25.7 Å². The van der Waals surface area contributed by atoms with Gasteiger partial charge in [0.15, 0.2) is 0 Å². The average molecular weight is 208 g/mol. The monoisotopic (exact) mass is 208 g/mol. The van der Waals surface area contributed by atoms with Gasteiger partial charge in [-0.2, -0.15) is 0 Å². The summed E-state index contributed by atoms with van der Waals surface area (Å²) in [6, 6.07) is 0. The second kappa shape index (κ2) is 4.35. The third-order valence-corrected chi connectivity index (χ3v) is 3.90. The number of carbonyl (C=O) groups is 1. The fourth-order valence-electron chi connectivity index (χ4n) is 3.03. The van der Waals surface area contributed by atoms with Gasteiger partial charge < -0.3 is 10.6 Å². The van der Waals surface area contributed by atoms with Gasteiger partial charge in [-0.15, -0.1) is 6.58 Å². The molecule has 2 fully saturated rings. The minimum atomic E-state index is -0.110. The van der Waals surface area contributed by atoms with Crippen LogP contribution in [0, 0.1) is 11.3 Å². The molecule has 15 heavy (non-hydrogen) atoms. The fraction of sp³-hybridized carbons (Fsp3) is 0.750. The van der Waals surface area contributed by atoms with Gasteiger partial charge in [0.25, 0.3) is 0 Å². The zero-order valence-corrected chi connectivity index (χ0v) is 9.22. The van der Waals surface area contributed by atoms with Gasteiger partial charge in [-0.05, 0) is 25.3 Å². The molecule has 0 aromatic rings. The molecule has 1 heterocycles. The predicted octanol–water partition coefficient (Wildman–Crippen LogP) is 1.07. The van der Waals surface area contributed by atoms with Crippen molar-refractivity contribution >= 4 is 5.91 Å². The molecule has 0 aromatic carbocycles. The van der Waals surface area contributed by atoms with Crippen LogP contribution in [0.5, 0.6) is 0 Å². The van der Waals surface area contributed by atoms with Crippen molar-refractivity contribution in [3.8, 4) is 0 Å². The molecule has 84 valence electrons. The number of nitrogens with one attached hydrogen (secondary N) is 2. The Labute approximate surface area is 91.3 Å². The third kappa shape index (κ3) is 1.81. The van der Waals surface area contributed by atoms with Gasteiger partial charge in [-0.1, -0.05) is 18.9 Å². The van der Waals surface area contributed by atoms with Crippen LogP contribution in [0.2, 0.25) is 0 Å². The Kier molecular flexibility index (Phi) is 3.10. The number of hydrogen-bond acceptors (Lipinski definition) is 2. The number of carbonyl (C=O) groups excluding carboxylic acids is 1. The third-order valence-electron chi connectivity index (χ3n) is 3.90. The van der Waals surface area contributed by atoms with E-state index >= 15 is 0 Å². The lowest BCUT2D eigenvalue weighted by Crippen LogP contribution is -2.47. The Morgan fingerprint density at radius 2 is 2.47 bits per heavy atom. The highest BCUT2D eigenvalue weighted by molar-refractivity contribution is 5.84. The number of fused-ring (bicyclic) bond motifs is 1. The number of amides is 1. The minimum Gasteiger partial charge on any atom is -0.352 e. The smallest absolute Gasteiger partial charge is 0.228 e. The summed E-state index contributed by atoms with van der Waals surface area (Å²) >= 11 is 0. The molecule has 2 aliphatic rings. The maximum absolute atomic E-state index is 12.2. The topological polar surface area (TPSA) is 41.1 Å². The molecule has 1 saturated heterocycles. The van der Waals surface area contributed by atoms with E-state index in [0.29, 0.717) is 12.5 Å². The van der Waals surface area contributed by atoms with Crippen molar-refractivity contribution in [1.29, 1.82) is 0 Å². The minimum absolute atomic E-state index is 0.110. The largest absolute Gasteiger partial charge is 0.352 e. The van der Waals surface area contributed by atoms with Gasteiger partial charge in [0.05, 0.1) is 5.41 Å². The first kappa shape index (κ1) is 10.7. The van der Waals surface area contributed by atoms with E-state index in [-0.39, 0.29) is 11.3 Å². The Morgan fingerprint density at radius 1 is 1.60 bits per heavy atom. The summed E-state index contributed by atoms with van der Waals surface area (Å²) in [4.78, 5) is 12.2. The zero-order valence-electron chi connectivity index (χ0n) is 9.22. The molecule has 0 spiro atoms. The molecular weight excluding hydrogens is 188 g/mol. The normalized spacial score (nSPS) is 34.5. The van der Waals surface area contributed by atoms with Gasteiger partial charge in [-0.25, -0.2) is 0 Å². The van der Waals surface area contributed by atoms with Crippen LogP contribution in [-0.4, -0.2) is 25.5 Å². The van der Waals surface area contributed by atoms with E-state index in [1.165, 1.54) is 19.3 Å². The Morgan fingerprint density at radius 3 is 3.27 bits per heavy atom. The highest BCUT2D eigenvalue weighted by Crippen LogP contribution is 2.43. The maximum Gasteiger partial charge on any atom is 0.228 e. The highest BCUT2D eigenvalue weighted by Gasteiger charge is 2.49. The molecule has 0 bridgehead atoms. The van der Waals surface area contributed by atoms with Gasteiger partial charge in [-0.3, -0.25) is 4.79 Å². The number of hydrogen-bond donors (Lipinski definition) is 2. The van der Waals surface area contributed by atoms with Crippen molar-refractivity contribution in [2.75, 3.05) is 19.6 Å². The first-order valence-electron chi connectivity index (χ1n) is 5.89. The van der Waals surface area contributed by atoms with E-state index in [1.54, 1.807) is 6.08 Å². The molecular formula is C12H20N2O. The first-order chi connectivity index (χ1) is 7.29. The van der Waals surface area contributed by atoms with E-state index in [9.17, 15) is 4.79 Å². The van der Waals surface area contributed by atoms with Crippen LogP contribution in [0.4, 0.5) is 0 Å². The van der Waals surface area contributed by atoms with Gasteiger partial charge >= 0.3 is 0 Å². The van der Waals surface area contributed by atoms with Crippen LogP contribution in [0.25, 0.3) is 0 Å². The van der Waals surface area contributed by atoms with E-state index in [2.05, 4.69) is 17.2 Å². The molecule has 0 radical (unpaired) electrons. The molecule has 3 heteroatoms. The van der Waals surface area contributed by atoms with Crippen molar-refractivity contribution in [2.24, 2.45) is 11.3 Å². The lowest BCUT2D eigenvalue weighted by Gasteiger charge is -2.37. The van der Waals surface area contributed by atoms with Crippen molar-refractivity contribution in [1.82, 2.24) is 10.6 Å². The standard InChI is InChI=1S/C12H20N2O/c1-2-7-14-11(15)12-6-4-3-5-10(12)8-13-9-12/h2,10,13H,1,3-9H2,(H,14,15)/t10-,12+/m0/s1. The molecule has 1 aliphatic heterocycles. The molecule has 0 unspecified atom stereocenters. The van der Waals surface area contributed by atoms with E-state index in [0.717, 1.165) is 19.5 Å². The van der Waals surface area contributed by atoms with Crippen LogP contribution in [-0.2, 0) is 4.79 Å². The average Bonchev–Trinajstić information content (AvgIpc) is 2.70. The SMILES string of the molecule is C=CCNC(=O)[C@@]12CCCC[C@H]1CNC2. The molecule has 1 aliphatic carbocycles. The van der Waals surface area contributed by atoms with Gasteiger partial charge in [0.2, 0.25) is 5.91 Å². The Balaban J connectivity index is 2.07. The molecule has 1 saturated carbocycles. The summed E-state index contributed by atoms with van der Waals surface area (Å²) in [5.74, 6) is 0.785. The summed E-state index contributed by atoms with van der Waals surface area (Å²) in [6.07, 6.45) is 6.47. The molecule has 1 amide bonds. The summed E-state index contributed by atoms with van der Waals surface area (Å²) in [5, 5.41) is 6.34. The van der Waals surface area contributed by atoms with Crippen LogP contribution < -0.4 is 10.6 Å². The van der Waals surface area contributed by atoms with Crippen LogP contribution in [0.15, 0.2) is 12.7 Å². The fourth-order valence-corrected chi connectivity index (χ4v) is 3.03. The van der Waals surface area contributed by atoms with Crippen LogP contribution in [0.3, 0.4) is 0 Å². The second-order valence-electron chi connectivity index (χ2n) is 4.73. The summed E-state index contributed by atoms with van der Waals surface area (Å²) in [7, 11) is 0.